The standard InChI is InChI=1S/C23H27.C12H7Si.2ClH.Zr/c1-22(2,3)18-14-17-12-13-20(23(4,5)6)21(19(17)15-18)16-10-8-7-9-11-16;1-3-7-11-9(5-1)10-6-2-4-8-12(10)13-11;;;/h7-15H,1-6H3;1-7H;2*1H;/q2*-1;;;+4/p-2. The Morgan fingerprint density at radius 3 is 2.05 bits per heavy atom. The van der Waals surface area contributed by atoms with Gasteiger partial charge >= 0.3 is 37.9 Å². The molecule has 0 bridgehead atoms. The predicted molar refractivity (Wildman–Crippen MR) is 170 cm³/mol. The molecular weight excluding hydrogens is 611 g/mol. The second-order valence-electron chi connectivity index (χ2n) is 11.8. The molecule has 4 heteroatoms. The Bertz CT molecular complexity index is 1500. The van der Waals surface area contributed by atoms with E-state index >= 15 is 0 Å². The Balaban J connectivity index is 0.000000184. The van der Waals surface area contributed by atoms with Crippen LogP contribution in [0.15, 0.2) is 97.1 Å². The van der Waals surface area contributed by atoms with Gasteiger partial charge in [-0.15, -0.1) is 40.1 Å². The summed E-state index contributed by atoms with van der Waals surface area (Å²) in [4.78, 5) is 0. The predicted octanol–water partition coefficient (Wildman–Crippen LogP) is 9.32. The second-order valence-corrected chi connectivity index (χ2v) is 16.8. The van der Waals surface area contributed by atoms with E-state index in [2.05, 4.69) is 139 Å². The van der Waals surface area contributed by atoms with E-state index in [9.17, 15) is 0 Å². The van der Waals surface area contributed by atoms with Gasteiger partial charge in [0.15, 0.2) is 0 Å². The number of halogens is 2. The third-order valence-corrected chi connectivity index (χ3v) is 8.33. The minimum Gasteiger partial charge on any atom is -0.184 e. The van der Waals surface area contributed by atoms with Crippen LogP contribution in [0.1, 0.15) is 52.7 Å². The molecule has 0 amide bonds. The van der Waals surface area contributed by atoms with Gasteiger partial charge in [-0.3, -0.25) is 0 Å². The second kappa shape index (κ2) is 12.8. The van der Waals surface area contributed by atoms with Crippen molar-refractivity contribution in [2.45, 2.75) is 52.4 Å². The molecule has 0 fully saturated rings. The van der Waals surface area contributed by atoms with E-state index < -0.39 is 20.8 Å². The van der Waals surface area contributed by atoms with Crippen molar-refractivity contribution in [3.05, 3.63) is 114 Å². The normalized spacial score (nSPS) is 11.9. The average Bonchev–Trinajstić information content (AvgIpc) is 3.51. The smallest absolute Gasteiger partial charge is 0.0920 e. The molecule has 0 saturated heterocycles. The largest absolute Gasteiger partial charge is 0.184 e. The summed E-state index contributed by atoms with van der Waals surface area (Å²) in [5, 5.41) is 5.55. The van der Waals surface area contributed by atoms with Crippen molar-refractivity contribution in [3.63, 3.8) is 0 Å². The maximum Gasteiger partial charge on any atom is 0.0920 e. The Morgan fingerprint density at radius 2 is 1.38 bits per heavy atom. The van der Waals surface area contributed by atoms with Gasteiger partial charge in [-0.25, -0.2) is 0 Å². The van der Waals surface area contributed by atoms with Crippen molar-refractivity contribution >= 4 is 47.7 Å². The van der Waals surface area contributed by atoms with E-state index in [1.54, 1.807) is 0 Å². The third kappa shape index (κ3) is 7.09. The fraction of sp³-hybridized carbons (Fsp3) is 0.229. The van der Waals surface area contributed by atoms with E-state index in [4.69, 9.17) is 17.0 Å². The van der Waals surface area contributed by atoms with E-state index in [1.165, 1.54) is 54.5 Å². The van der Waals surface area contributed by atoms with E-state index in [0.29, 0.717) is 0 Å². The molecule has 196 valence electrons. The fourth-order valence-corrected chi connectivity index (χ4v) is 6.29. The topological polar surface area (TPSA) is 0 Å². The number of hydrogen-bond donors (Lipinski definition) is 0. The number of benzene rings is 4. The molecular formula is C35H34Cl2SiZr. The molecule has 0 aromatic heterocycles. The van der Waals surface area contributed by atoms with Crippen molar-refractivity contribution in [2.24, 2.45) is 0 Å². The van der Waals surface area contributed by atoms with Gasteiger partial charge in [-0.1, -0.05) is 118 Å². The monoisotopic (exact) mass is 642 g/mol. The van der Waals surface area contributed by atoms with Crippen LogP contribution in [0.25, 0.3) is 33.0 Å². The quantitative estimate of drug-likeness (QED) is 0.124. The van der Waals surface area contributed by atoms with Crippen molar-refractivity contribution in [2.75, 3.05) is 0 Å². The van der Waals surface area contributed by atoms with Gasteiger partial charge in [-0.2, -0.15) is 35.5 Å². The minimum absolute atomic E-state index is 0.124. The van der Waals surface area contributed by atoms with Crippen LogP contribution in [-0.2, 0) is 31.7 Å². The van der Waals surface area contributed by atoms with E-state index in [1.807, 2.05) is 6.07 Å². The van der Waals surface area contributed by atoms with Gasteiger partial charge in [0.1, 0.15) is 0 Å². The number of rotatable bonds is 1. The van der Waals surface area contributed by atoms with E-state index in [-0.39, 0.29) is 10.8 Å². The maximum atomic E-state index is 4.93. The molecule has 0 aliphatic carbocycles. The summed E-state index contributed by atoms with van der Waals surface area (Å²) in [5.74, 6) is 0. The van der Waals surface area contributed by atoms with Crippen LogP contribution < -0.4 is 10.4 Å². The molecule has 0 nitrogen and oxygen atoms in total. The van der Waals surface area contributed by atoms with Gasteiger partial charge in [0.2, 0.25) is 0 Å². The number of hydrogen-bond acceptors (Lipinski definition) is 0. The molecule has 1 aliphatic heterocycles. The molecule has 5 aromatic carbocycles. The van der Waals surface area contributed by atoms with Gasteiger partial charge in [-0.05, 0) is 16.4 Å². The van der Waals surface area contributed by atoms with Crippen LogP contribution in [0.2, 0.25) is 0 Å². The van der Waals surface area contributed by atoms with Crippen molar-refractivity contribution in [3.8, 4) is 22.3 Å². The SMILES string of the molecule is CC(C)(C)c1cc2c(-c3ccccc3)c(C(C)(C)C)ccc2[cH-]1.[Cl][Zr+2][Cl].[c-]1cccc2c1[Si]c1ccccc1-2. The summed E-state index contributed by atoms with van der Waals surface area (Å²) >= 11 is -0.826. The molecule has 0 N–H and O–H groups in total. The maximum absolute atomic E-state index is 4.93. The Morgan fingerprint density at radius 1 is 0.744 bits per heavy atom. The fourth-order valence-electron chi connectivity index (χ4n) is 4.98. The average molecular weight is 645 g/mol. The van der Waals surface area contributed by atoms with Crippen molar-refractivity contribution < 1.29 is 20.8 Å². The first-order valence-corrected chi connectivity index (χ1v) is 20.5. The van der Waals surface area contributed by atoms with Crippen molar-refractivity contribution in [1.29, 1.82) is 0 Å². The molecule has 6 rings (SSSR count). The van der Waals surface area contributed by atoms with Crippen LogP contribution in [-0.4, -0.2) is 9.52 Å². The third-order valence-electron chi connectivity index (χ3n) is 6.96. The summed E-state index contributed by atoms with van der Waals surface area (Å²) in [6.07, 6.45) is 0. The summed E-state index contributed by atoms with van der Waals surface area (Å²) in [6.45, 7) is 13.8. The van der Waals surface area contributed by atoms with Crippen LogP contribution in [0.5, 0.6) is 0 Å². The number of fused-ring (bicyclic) bond motifs is 4. The molecule has 0 spiro atoms. The van der Waals surface area contributed by atoms with Crippen LogP contribution in [0.4, 0.5) is 0 Å². The van der Waals surface area contributed by atoms with Gasteiger partial charge in [0, 0.05) is 0 Å². The van der Waals surface area contributed by atoms with Gasteiger partial charge < -0.3 is 0 Å². The van der Waals surface area contributed by atoms with Gasteiger partial charge in [0.25, 0.3) is 0 Å². The first-order chi connectivity index (χ1) is 18.5. The molecule has 2 radical (unpaired) electrons. The minimum atomic E-state index is -0.826. The molecule has 5 aromatic rings. The van der Waals surface area contributed by atoms with Crippen molar-refractivity contribution in [1.82, 2.24) is 0 Å². The molecule has 0 atom stereocenters. The first kappa shape index (κ1) is 30.1. The molecule has 1 heterocycles. The Labute approximate surface area is 255 Å². The van der Waals surface area contributed by atoms with E-state index in [0.717, 1.165) is 9.52 Å². The van der Waals surface area contributed by atoms with Crippen LogP contribution in [0.3, 0.4) is 0 Å². The summed E-state index contributed by atoms with van der Waals surface area (Å²) in [6, 6.07) is 38.3. The molecule has 0 saturated carbocycles. The first-order valence-electron chi connectivity index (χ1n) is 13.2. The summed E-state index contributed by atoms with van der Waals surface area (Å²) < 4.78 is 0. The molecule has 39 heavy (non-hydrogen) atoms. The van der Waals surface area contributed by atoms with Crippen LogP contribution >= 0.6 is 17.0 Å². The molecule has 0 unspecified atom stereocenters. The Hall–Kier alpha value is -1.83. The zero-order valence-electron chi connectivity index (χ0n) is 23.5. The zero-order chi connectivity index (χ0) is 28.2. The summed E-state index contributed by atoms with van der Waals surface area (Å²) in [7, 11) is 10.7. The Kier molecular flexibility index (Phi) is 9.87. The van der Waals surface area contributed by atoms with Crippen LogP contribution in [0, 0.1) is 6.07 Å². The summed E-state index contributed by atoms with van der Waals surface area (Å²) in [5.41, 5.74) is 8.61. The molecule has 1 aliphatic rings. The zero-order valence-corrected chi connectivity index (χ0v) is 28.5. The van der Waals surface area contributed by atoms with Gasteiger partial charge in [0.05, 0.1) is 9.52 Å².